The van der Waals surface area contributed by atoms with Gasteiger partial charge in [0, 0.05) is 12.1 Å². The number of carboxylic acid groups (broad SMARTS) is 1. The van der Waals surface area contributed by atoms with Crippen LogP contribution >= 0.6 is 0 Å². The van der Waals surface area contributed by atoms with Crippen LogP contribution in [0, 0.1) is 0 Å². The molecule has 2 heterocycles. The molecule has 0 aliphatic carbocycles. The zero-order valence-corrected chi connectivity index (χ0v) is 19.4. The number of hydrogen-bond acceptors (Lipinski definition) is 12. The lowest BCUT2D eigenvalue weighted by atomic mass is 9.98. The van der Waals surface area contributed by atoms with Gasteiger partial charge in [-0.25, -0.2) is 0 Å². The van der Waals surface area contributed by atoms with Crippen molar-refractivity contribution in [3.05, 3.63) is 47.2 Å². The smallest absolute Gasteiger partial charge is 0.317 e. The van der Waals surface area contributed by atoms with Crippen LogP contribution in [0.15, 0.2) is 36.1 Å². The van der Waals surface area contributed by atoms with Crippen LogP contribution in [0.25, 0.3) is 6.08 Å². The Morgan fingerprint density at radius 3 is 2.37 bits per heavy atom. The van der Waals surface area contributed by atoms with E-state index in [0.717, 1.165) is 6.07 Å². The minimum absolute atomic E-state index is 0.0867. The zero-order chi connectivity index (χ0) is 27.7. The van der Waals surface area contributed by atoms with Gasteiger partial charge in [-0.15, -0.1) is 0 Å². The van der Waals surface area contributed by atoms with Gasteiger partial charge in [0.1, 0.15) is 35.7 Å². The van der Waals surface area contributed by atoms with Gasteiger partial charge in [0.25, 0.3) is 11.9 Å². The molecule has 6 unspecified atom stereocenters. The molecule has 38 heavy (non-hydrogen) atoms. The van der Waals surface area contributed by atoms with Crippen LogP contribution in [0.1, 0.15) is 23.7 Å². The Morgan fingerprint density at radius 2 is 1.71 bits per heavy atom. The summed E-state index contributed by atoms with van der Waals surface area (Å²) < 4.78 is 20.7. The Kier molecular flexibility index (Phi) is 7.50. The van der Waals surface area contributed by atoms with Crippen LogP contribution in [0.4, 0.5) is 0 Å². The molecular weight excluding hydrogens is 512 g/mol. The van der Waals surface area contributed by atoms with E-state index in [4.69, 9.17) is 19.3 Å². The number of phenols is 4. The third-order valence-electron chi connectivity index (χ3n) is 5.90. The summed E-state index contributed by atoms with van der Waals surface area (Å²) in [4.78, 5) is 22.7. The quantitative estimate of drug-likeness (QED) is 0.0980. The molecule has 0 spiro atoms. The minimum Gasteiger partial charge on any atom is -0.571 e. The maximum Gasteiger partial charge on any atom is 0.317 e. The van der Waals surface area contributed by atoms with Gasteiger partial charge in [-0.2, -0.15) is 0 Å². The molecule has 0 bridgehead atoms. The maximum absolute atomic E-state index is 11.9. The average molecular weight is 537 g/mol. The second-order valence-corrected chi connectivity index (χ2v) is 8.57. The third kappa shape index (κ3) is 5.38. The van der Waals surface area contributed by atoms with Gasteiger partial charge in [0.05, 0.1) is 18.2 Å². The molecule has 204 valence electrons. The Labute approximate surface area is 213 Å². The van der Waals surface area contributed by atoms with E-state index >= 15 is 0 Å². The summed E-state index contributed by atoms with van der Waals surface area (Å²) in [5.74, 6) is -4.26. The number of carbonyl (C=O) groups excluding carboxylic acids is 1. The lowest BCUT2D eigenvalue weighted by molar-refractivity contribution is -0.298. The number of fused-ring (bicyclic) bond motifs is 1. The first kappa shape index (κ1) is 26.8. The van der Waals surface area contributed by atoms with Gasteiger partial charge in [-0.3, -0.25) is 9.59 Å². The van der Waals surface area contributed by atoms with E-state index in [1.165, 1.54) is 30.3 Å². The van der Waals surface area contributed by atoms with E-state index in [2.05, 4.69) is 4.74 Å². The van der Waals surface area contributed by atoms with E-state index in [0.29, 0.717) is 0 Å². The van der Waals surface area contributed by atoms with Crippen molar-refractivity contribution in [3.8, 4) is 28.7 Å². The number of carboxylic acids is 1. The number of hydrogen-bond donors (Lipinski definition) is 8. The molecule has 0 aromatic heterocycles. The van der Waals surface area contributed by atoms with Gasteiger partial charge in [0.15, 0.2) is 29.5 Å². The van der Waals surface area contributed by atoms with E-state index in [1.54, 1.807) is 0 Å². The summed E-state index contributed by atoms with van der Waals surface area (Å²) in [6.45, 7) is -0.789. The second kappa shape index (κ2) is 10.6. The monoisotopic (exact) mass is 537 g/mol. The lowest BCUT2D eigenvalue weighted by Gasteiger charge is -2.41. The number of aliphatic hydroxyl groups is 4. The van der Waals surface area contributed by atoms with Crippen molar-refractivity contribution in [2.75, 3.05) is 6.61 Å². The predicted molar refractivity (Wildman–Crippen MR) is 123 cm³/mol. The maximum atomic E-state index is 11.9. The molecule has 2 aromatic carbocycles. The number of carbonyl (C=O) groups is 2. The summed E-state index contributed by atoms with van der Waals surface area (Å²) in [6, 6.07) is 6.09. The van der Waals surface area contributed by atoms with Gasteiger partial charge in [-0.05, 0) is 18.2 Å². The topological polar surface area (TPSA) is 236 Å². The number of phenolic OH excluding ortho intramolecular Hbond substituents is 4. The van der Waals surface area contributed by atoms with E-state index in [9.17, 15) is 45.3 Å². The molecule has 2 aliphatic rings. The van der Waals surface area contributed by atoms with Crippen LogP contribution < -0.4 is 0 Å². The highest BCUT2D eigenvalue weighted by Gasteiger charge is 2.49. The Hall–Kier alpha value is -4.24. The molecule has 4 rings (SSSR count). The van der Waals surface area contributed by atoms with E-state index in [-0.39, 0.29) is 34.1 Å². The molecule has 1 saturated heterocycles. The van der Waals surface area contributed by atoms with Gasteiger partial charge in [-0.1, -0.05) is 0 Å². The highest BCUT2D eigenvalue weighted by molar-refractivity contribution is 5.90. The summed E-state index contributed by atoms with van der Waals surface area (Å²) in [5.41, 5.74) is 0.388. The Morgan fingerprint density at radius 1 is 0.974 bits per heavy atom. The predicted octanol–water partition coefficient (Wildman–Crippen LogP) is -0.312. The molecular formula is C24H25O14+. The van der Waals surface area contributed by atoms with Gasteiger partial charge < -0.3 is 59.8 Å². The number of aliphatic hydroxyl groups excluding tert-OH is 3. The fourth-order valence-corrected chi connectivity index (χ4v) is 4.08. The SMILES string of the molecule is O=C(O)CC(=O)OC1C(O)C(CO)OC(OC2=Cc3c(O)cc(O)cc3[OH+]C2c2ccc(O)c(O)c2)C1O. The molecule has 9 N–H and O–H groups in total. The molecule has 0 amide bonds. The van der Waals surface area contributed by atoms with Crippen molar-refractivity contribution in [1.29, 1.82) is 0 Å². The van der Waals surface area contributed by atoms with Gasteiger partial charge >= 0.3 is 11.9 Å². The molecule has 0 saturated carbocycles. The van der Waals surface area contributed by atoms with Crippen molar-refractivity contribution in [3.63, 3.8) is 0 Å². The number of ether oxygens (including phenoxy) is 4. The van der Waals surface area contributed by atoms with Crippen molar-refractivity contribution < 1.29 is 69.4 Å². The molecule has 14 nitrogen and oxygen atoms in total. The fourth-order valence-electron chi connectivity index (χ4n) is 4.08. The van der Waals surface area contributed by atoms with Crippen LogP contribution in [0.5, 0.6) is 28.7 Å². The number of esters is 1. The average Bonchev–Trinajstić information content (AvgIpc) is 2.84. The molecule has 0 radical (unpaired) electrons. The molecule has 2 aliphatic heterocycles. The Bertz CT molecular complexity index is 1260. The first-order chi connectivity index (χ1) is 18.0. The van der Waals surface area contributed by atoms with Crippen molar-refractivity contribution >= 4 is 18.0 Å². The highest BCUT2D eigenvalue weighted by atomic mass is 16.7. The summed E-state index contributed by atoms with van der Waals surface area (Å²) in [5, 5.41) is 79.6. The number of aliphatic carboxylic acids is 1. The summed E-state index contributed by atoms with van der Waals surface area (Å²) in [7, 11) is 0. The standard InChI is InChI=1S/C24H24O14/c25-8-17-20(33)23(38-19(32)7-18(30)31)21(34)24(37-17)36-16-6-11-13(28)4-10(26)5-15(11)35-22(16)9-1-2-12(27)14(29)3-9/h1-6,17,20-29,33-34H,7-8H2,(H,30,31)/p+1. The normalized spacial score (nSPS) is 26.4. The number of rotatable bonds is 7. The fraction of sp³-hybridized carbons (Fsp3) is 0.333. The van der Waals surface area contributed by atoms with Crippen molar-refractivity contribution in [2.45, 2.75) is 43.2 Å². The van der Waals surface area contributed by atoms with E-state index in [1.807, 2.05) is 0 Å². The molecule has 14 heteroatoms. The molecule has 1 fully saturated rings. The molecule has 2 aromatic rings. The highest BCUT2D eigenvalue weighted by Crippen LogP contribution is 2.46. The number of benzene rings is 2. The largest absolute Gasteiger partial charge is 0.571 e. The van der Waals surface area contributed by atoms with Crippen LogP contribution in [-0.2, 0) is 23.8 Å². The Balaban J connectivity index is 1.70. The zero-order valence-electron chi connectivity index (χ0n) is 19.4. The minimum atomic E-state index is -1.88. The third-order valence-corrected chi connectivity index (χ3v) is 5.90. The van der Waals surface area contributed by atoms with Crippen molar-refractivity contribution in [1.82, 2.24) is 0 Å². The van der Waals surface area contributed by atoms with E-state index < -0.39 is 73.3 Å². The van der Waals surface area contributed by atoms with Crippen LogP contribution in [0.3, 0.4) is 0 Å². The van der Waals surface area contributed by atoms with Gasteiger partial charge in [0.2, 0.25) is 6.29 Å². The lowest BCUT2D eigenvalue weighted by Crippen LogP contribution is -2.60. The molecule has 6 atom stereocenters. The van der Waals surface area contributed by atoms with Crippen LogP contribution in [0.2, 0.25) is 0 Å². The second-order valence-electron chi connectivity index (χ2n) is 8.57. The first-order valence-corrected chi connectivity index (χ1v) is 11.2. The number of aromatic hydroxyl groups is 5. The van der Waals surface area contributed by atoms with Crippen molar-refractivity contribution in [2.24, 2.45) is 0 Å². The first-order valence-electron chi connectivity index (χ1n) is 11.2. The van der Waals surface area contributed by atoms with Crippen LogP contribution in [-0.4, -0.2) is 94.8 Å². The summed E-state index contributed by atoms with van der Waals surface area (Å²) in [6.07, 6.45) is -9.30. The summed E-state index contributed by atoms with van der Waals surface area (Å²) >= 11 is 0.